The Morgan fingerprint density at radius 1 is 1.15 bits per heavy atom. The number of aliphatic hydroxyl groups is 1. The molecule has 0 aliphatic heterocycles. The first-order valence-corrected chi connectivity index (χ1v) is 10.9. The van der Waals surface area contributed by atoms with Crippen molar-refractivity contribution in [1.82, 2.24) is 15.1 Å². The van der Waals surface area contributed by atoms with Gasteiger partial charge in [0, 0.05) is 16.8 Å². The number of aromatic carboxylic acids is 1. The summed E-state index contributed by atoms with van der Waals surface area (Å²) in [4.78, 5) is 36.9. The Hall–Kier alpha value is -3.69. The molecule has 0 radical (unpaired) electrons. The number of aliphatic hydroxyl groups excluding tert-OH is 1. The van der Waals surface area contributed by atoms with Gasteiger partial charge in [0.05, 0.1) is 19.2 Å². The lowest BCUT2D eigenvalue weighted by Gasteiger charge is -2.24. The van der Waals surface area contributed by atoms with Gasteiger partial charge in [-0.3, -0.25) is 9.48 Å². The second-order valence-corrected chi connectivity index (χ2v) is 7.88. The number of nitrogens with one attached hydrogen (secondary N) is 1. The maximum atomic E-state index is 13.3. The van der Waals surface area contributed by atoms with Crippen LogP contribution < -0.4 is 5.32 Å². The highest BCUT2D eigenvalue weighted by Gasteiger charge is 2.30. The molecule has 0 bridgehead atoms. The van der Waals surface area contributed by atoms with Crippen molar-refractivity contribution in [2.75, 3.05) is 6.61 Å². The summed E-state index contributed by atoms with van der Waals surface area (Å²) in [5.41, 5.74) is 1.37. The van der Waals surface area contributed by atoms with Crippen molar-refractivity contribution < 1.29 is 29.3 Å². The molecule has 0 unspecified atom stereocenters. The van der Waals surface area contributed by atoms with E-state index in [-0.39, 0.29) is 30.8 Å². The van der Waals surface area contributed by atoms with Crippen LogP contribution in [0.3, 0.4) is 0 Å². The molecule has 0 fully saturated rings. The van der Waals surface area contributed by atoms with E-state index >= 15 is 0 Å². The van der Waals surface area contributed by atoms with E-state index in [2.05, 4.69) is 10.4 Å². The van der Waals surface area contributed by atoms with Crippen LogP contribution in [0.15, 0.2) is 60.8 Å². The van der Waals surface area contributed by atoms with Crippen LogP contribution in [0.1, 0.15) is 38.9 Å². The molecule has 1 aromatic heterocycles. The van der Waals surface area contributed by atoms with Crippen molar-refractivity contribution in [3.8, 4) is 0 Å². The van der Waals surface area contributed by atoms with Crippen LogP contribution in [0.2, 0.25) is 5.02 Å². The van der Waals surface area contributed by atoms with Crippen LogP contribution in [0.4, 0.5) is 0 Å². The molecule has 0 saturated heterocycles. The molecule has 0 spiro atoms. The maximum Gasteiger partial charge on any atom is 0.354 e. The summed E-state index contributed by atoms with van der Waals surface area (Å²) in [5.74, 6) is -2.60. The number of carboxylic acids is 1. The van der Waals surface area contributed by atoms with Gasteiger partial charge in [-0.2, -0.15) is 5.10 Å². The molecule has 3 N–H and O–H groups in total. The summed E-state index contributed by atoms with van der Waals surface area (Å²) < 4.78 is 6.18. The zero-order chi connectivity index (χ0) is 24.7. The number of ether oxygens (including phenoxy) is 1. The third-order valence-corrected chi connectivity index (χ3v) is 5.33. The van der Waals surface area contributed by atoms with Gasteiger partial charge >= 0.3 is 11.9 Å². The summed E-state index contributed by atoms with van der Waals surface area (Å²) in [5, 5.41) is 27.0. The topological polar surface area (TPSA) is 131 Å². The number of amides is 1. The average molecular weight is 486 g/mol. The van der Waals surface area contributed by atoms with Gasteiger partial charge in [0.15, 0.2) is 6.10 Å². The smallest absolute Gasteiger partial charge is 0.354 e. The number of hydrogen-bond acceptors (Lipinski definition) is 6. The second kappa shape index (κ2) is 11.4. The Bertz CT molecular complexity index is 1160. The minimum Gasteiger partial charge on any atom is -0.477 e. The van der Waals surface area contributed by atoms with Gasteiger partial charge in [-0.1, -0.05) is 48.0 Å². The Labute approximate surface area is 200 Å². The van der Waals surface area contributed by atoms with Crippen LogP contribution in [-0.4, -0.2) is 56.6 Å². The first kappa shape index (κ1) is 24.9. The van der Waals surface area contributed by atoms with Gasteiger partial charge in [0.1, 0.15) is 5.69 Å². The number of aromatic nitrogens is 2. The normalized spacial score (nSPS) is 12.6. The molecule has 9 nitrogen and oxygen atoms in total. The van der Waals surface area contributed by atoms with E-state index in [9.17, 15) is 24.6 Å². The number of hydrogen-bond donors (Lipinski definition) is 3. The van der Waals surface area contributed by atoms with Crippen molar-refractivity contribution >= 4 is 29.4 Å². The number of carbonyl (C=O) groups is 3. The van der Waals surface area contributed by atoms with Crippen LogP contribution in [-0.2, 0) is 22.5 Å². The largest absolute Gasteiger partial charge is 0.477 e. The molecule has 3 aromatic rings. The first-order valence-electron chi connectivity index (χ1n) is 10.5. The summed E-state index contributed by atoms with van der Waals surface area (Å²) in [6, 6.07) is 14.0. The lowest BCUT2D eigenvalue weighted by atomic mass is 9.99. The first-order chi connectivity index (χ1) is 16.3. The molecule has 2 atom stereocenters. The zero-order valence-corrected chi connectivity index (χ0v) is 19.1. The Kier molecular flexibility index (Phi) is 8.39. The van der Waals surface area contributed by atoms with Crippen LogP contribution in [0.5, 0.6) is 0 Å². The Morgan fingerprint density at radius 3 is 2.56 bits per heavy atom. The zero-order valence-electron chi connectivity index (χ0n) is 18.3. The molecular weight excluding hydrogens is 462 g/mol. The van der Waals surface area contributed by atoms with E-state index in [0.29, 0.717) is 10.6 Å². The minimum absolute atomic E-state index is 0.00165. The predicted molar refractivity (Wildman–Crippen MR) is 124 cm³/mol. The van der Waals surface area contributed by atoms with Gasteiger partial charge in [0.25, 0.3) is 5.91 Å². The molecule has 1 heterocycles. The lowest BCUT2D eigenvalue weighted by Crippen LogP contribution is -2.49. The number of carbonyl (C=O) groups excluding carboxylic acids is 2. The van der Waals surface area contributed by atoms with Crippen LogP contribution >= 0.6 is 11.6 Å². The molecule has 0 aliphatic carbocycles. The van der Waals surface area contributed by atoms with E-state index in [0.717, 1.165) is 5.56 Å². The van der Waals surface area contributed by atoms with Crippen molar-refractivity contribution in [3.63, 3.8) is 0 Å². The summed E-state index contributed by atoms with van der Waals surface area (Å²) >= 11 is 6.13. The summed E-state index contributed by atoms with van der Waals surface area (Å²) in [7, 11) is 0. The van der Waals surface area contributed by atoms with Crippen molar-refractivity contribution in [3.05, 3.63) is 88.2 Å². The highest BCUT2D eigenvalue weighted by atomic mass is 35.5. The summed E-state index contributed by atoms with van der Waals surface area (Å²) in [6.45, 7) is 1.70. The maximum absolute atomic E-state index is 13.3. The molecule has 178 valence electrons. The molecule has 2 aromatic carbocycles. The monoisotopic (exact) mass is 485 g/mol. The Balaban J connectivity index is 1.89. The number of nitrogens with zero attached hydrogens (tertiary/aromatic N) is 2. The quantitative estimate of drug-likeness (QED) is 0.376. The third-order valence-electron chi connectivity index (χ3n) is 5.10. The fraction of sp³-hybridized carbons (Fsp3) is 0.250. The van der Waals surface area contributed by atoms with E-state index in [4.69, 9.17) is 16.3 Å². The van der Waals surface area contributed by atoms with Gasteiger partial charge in [-0.05, 0) is 42.7 Å². The second-order valence-electron chi connectivity index (χ2n) is 7.45. The average Bonchev–Trinajstić information content (AvgIpc) is 3.28. The fourth-order valence-electron chi connectivity index (χ4n) is 3.45. The lowest BCUT2D eigenvalue weighted by molar-refractivity contribution is -0.154. The van der Waals surface area contributed by atoms with Gasteiger partial charge in [-0.25, -0.2) is 9.59 Å². The predicted octanol–water partition coefficient (Wildman–Crippen LogP) is 2.55. The van der Waals surface area contributed by atoms with Gasteiger partial charge in [-0.15, -0.1) is 0 Å². The summed E-state index contributed by atoms with van der Waals surface area (Å²) in [6.07, 6.45) is -0.0772. The van der Waals surface area contributed by atoms with E-state index in [1.165, 1.54) is 23.0 Å². The number of esters is 1. The van der Waals surface area contributed by atoms with Crippen molar-refractivity contribution in [2.45, 2.75) is 32.0 Å². The third kappa shape index (κ3) is 6.21. The highest BCUT2D eigenvalue weighted by Crippen LogP contribution is 2.19. The number of benzene rings is 2. The van der Waals surface area contributed by atoms with Gasteiger partial charge in [0.2, 0.25) is 0 Å². The van der Waals surface area contributed by atoms with E-state index < -0.39 is 30.0 Å². The SMILES string of the molecule is CCOC(=O)[C@H](O)[C@@H](Cc1ccccc1)NC(=O)c1cc(Cl)ccc1Cn1nccc1C(=O)O. The molecule has 0 aliphatic rings. The van der Waals surface area contributed by atoms with Crippen molar-refractivity contribution in [2.24, 2.45) is 0 Å². The van der Waals surface area contributed by atoms with Crippen LogP contribution in [0.25, 0.3) is 0 Å². The number of halogens is 1. The Morgan fingerprint density at radius 2 is 1.88 bits per heavy atom. The van der Waals surface area contributed by atoms with E-state index in [1.807, 2.05) is 30.3 Å². The van der Waals surface area contributed by atoms with Crippen molar-refractivity contribution in [1.29, 1.82) is 0 Å². The standard InChI is InChI=1S/C24H24ClN3O6/c1-2-34-24(33)21(29)19(12-15-6-4-3-5-7-15)27-22(30)18-13-17(25)9-8-16(18)14-28-20(23(31)32)10-11-26-28/h3-11,13,19,21,29H,2,12,14H2,1H3,(H,27,30)(H,31,32)/t19-,21-/m1/s1. The highest BCUT2D eigenvalue weighted by molar-refractivity contribution is 6.31. The molecule has 10 heteroatoms. The minimum atomic E-state index is -1.60. The number of rotatable bonds is 10. The molecular formula is C24H24ClN3O6. The number of carboxylic acid groups (broad SMARTS) is 1. The molecule has 34 heavy (non-hydrogen) atoms. The van der Waals surface area contributed by atoms with Gasteiger partial charge < -0.3 is 20.3 Å². The molecule has 0 saturated carbocycles. The van der Waals surface area contributed by atoms with E-state index in [1.54, 1.807) is 19.1 Å². The van der Waals surface area contributed by atoms with Crippen LogP contribution in [0, 0.1) is 0 Å². The fourth-order valence-corrected chi connectivity index (χ4v) is 3.62. The molecule has 3 rings (SSSR count). The molecule has 1 amide bonds.